The molecule has 0 spiro atoms. The van der Waals surface area contributed by atoms with Crippen LogP contribution in [0.4, 0.5) is 0 Å². The molecule has 1 N–H and O–H groups in total. The molecule has 0 heterocycles. The Balaban J connectivity index is 3.80. The average molecular weight is 136 g/mol. The van der Waals surface area contributed by atoms with Crippen LogP contribution in [-0.4, -0.2) is 11.9 Å². The molecule has 3 nitrogen and oxygen atoms in total. The molecule has 0 saturated carbocycles. The Hall–Kier alpha value is -1.48. The topological polar surface area (TPSA) is 52.9 Å². The molecule has 0 aliphatic heterocycles. The van der Waals surface area contributed by atoms with Gasteiger partial charge in [0.15, 0.2) is 0 Å². The Morgan fingerprint density at radius 2 is 2.50 bits per heavy atom. The smallest absolute Gasteiger partial charge is 0.296 e. The van der Waals surface area contributed by atoms with Crippen molar-refractivity contribution in [1.82, 2.24) is 5.32 Å². The predicted molar refractivity (Wildman–Crippen MR) is 36.7 cm³/mol. The van der Waals surface area contributed by atoms with Crippen LogP contribution >= 0.6 is 0 Å². The van der Waals surface area contributed by atoms with Gasteiger partial charge in [-0.2, -0.15) is 5.26 Å². The van der Waals surface area contributed by atoms with E-state index in [0.29, 0.717) is 6.42 Å². The summed E-state index contributed by atoms with van der Waals surface area (Å²) in [7, 11) is 0. The standard InChI is InChI=1S/C7H8N2O/c1-3-6(5-8)9-7(10)4-2/h2,6H,3H2,1H3,(H,9,10)/t6-/m0/s1. The lowest BCUT2D eigenvalue weighted by Gasteiger charge is -2.03. The highest BCUT2D eigenvalue weighted by Gasteiger charge is 2.04. The van der Waals surface area contributed by atoms with E-state index < -0.39 is 11.9 Å². The van der Waals surface area contributed by atoms with Crippen molar-refractivity contribution in [2.45, 2.75) is 19.4 Å². The molecule has 0 aliphatic rings. The van der Waals surface area contributed by atoms with E-state index in [4.69, 9.17) is 11.7 Å². The summed E-state index contributed by atoms with van der Waals surface area (Å²) < 4.78 is 0. The van der Waals surface area contributed by atoms with Crippen molar-refractivity contribution in [3.05, 3.63) is 0 Å². The molecule has 0 aromatic heterocycles. The minimum absolute atomic E-state index is 0.455. The number of carbonyl (C=O) groups excluding carboxylic acids is 1. The zero-order valence-corrected chi connectivity index (χ0v) is 5.72. The van der Waals surface area contributed by atoms with Crippen molar-refractivity contribution in [3.63, 3.8) is 0 Å². The third kappa shape index (κ3) is 2.74. The van der Waals surface area contributed by atoms with Gasteiger partial charge in [0, 0.05) is 0 Å². The maximum atomic E-state index is 10.4. The number of nitrogens with one attached hydrogen (secondary N) is 1. The number of amides is 1. The summed E-state index contributed by atoms with van der Waals surface area (Å²) in [5, 5.41) is 10.7. The normalized spacial score (nSPS) is 10.7. The summed E-state index contributed by atoms with van der Waals surface area (Å²) in [5.74, 6) is 1.33. The van der Waals surface area contributed by atoms with Crippen LogP contribution in [0.1, 0.15) is 13.3 Å². The Labute approximate surface area is 60.0 Å². The first-order valence-corrected chi connectivity index (χ1v) is 2.91. The summed E-state index contributed by atoms with van der Waals surface area (Å²) in [6, 6.07) is 1.43. The molecular weight excluding hydrogens is 128 g/mol. The van der Waals surface area contributed by atoms with Crippen molar-refractivity contribution < 1.29 is 4.79 Å². The Kier molecular flexibility index (Phi) is 3.75. The van der Waals surface area contributed by atoms with Gasteiger partial charge < -0.3 is 5.32 Å². The molecule has 1 atom stereocenters. The molecule has 0 unspecified atom stereocenters. The van der Waals surface area contributed by atoms with E-state index in [2.05, 4.69) is 5.32 Å². The molecule has 0 aromatic rings. The number of hydrogen-bond acceptors (Lipinski definition) is 2. The van der Waals surface area contributed by atoms with Crippen molar-refractivity contribution >= 4 is 5.91 Å². The summed E-state index contributed by atoms with van der Waals surface area (Å²) >= 11 is 0. The van der Waals surface area contributed by atoms with Gasteiger partial charge in [0.25, 0.3) is 5.91 Å². The Morgan fingerprint density at radius 1 is 1.90 bits per heavy atom. The largest absolute Gasteiger partial charge is 0.329 e. The molecule has 0 radical (unpaired) electrons. The number of carbonyl (C=O) groups is 1. The lowest BCUT2D eigenvalue weighted by Crippen LogP contribution is -2.31. The van der Waals surface area contributed by atoms with E-state index in [1.807, 2.05) is 12.0 Å². The maximum Gasteiger partial charge on any atom is 0.296 e. The van der Waals surface area contributed by atoms with Crippen LogP contribution in [0.25, 0.3) is 0 Å². The molecule has 0 fully saturated rings. The fourth-order valence-corrected chi connectivity index (χ4v) is 0.426. The van der Waals surface area contributed by atoms with Crippen molar-refractivity contribution in [3.8, 4) is 18.4 Å². The number of nitrogens with zero attached hydrogens (tertiary/aromatic N) is 1. The zero-order chi connectivity index (χ0) is 7.98. The minimum atomic E-state index is -0.534. The van der Waals surface area contributed by atoms with Gasteiger partial charge in [-0.15, -0.1) is 6.42 Å². The number of nitriles is 1. The zero-order valence-electron chi connectivity index (χ0n) is 5.72. The van der Waals surface area contributed by atoms with Crippen LogP contribution in [0, 0.1) is 23.7 Å². The third-order valence-electron chi connectivity index (χ3n) is 1.00. The van der Waals surface area contributed by atoms with Gasteiger partial charge in [0.1, 0.15) is 6.04 Å². The van der Waals surface area contributed by atoms with E-state index in [1.54, 1.807) is 6.92 Å². The highest BCUT2D eigenvalue weighted by Crippen LogP contribution is 1.85. The highest BCUT2D eigenvalue weighted by molar-refractivity contribution is 5.93. The first-order valence-electron chi connectivity index (χ1n) is 2.91. The fourth-order valence-electron chi connectivity index (χ4n) is 0.426. The van der Waals surface area contributed by atoms with Gasteiger partial charge in [-0.1, -0.05) is 6.92 Å². The van der Waals surface area contributed by atoms with Gasteiger partial charge in [0.05, 0.1) is 6.07 Å². The van der Waals surface area contributed by atoms with Crippen molar-refractivity contribution in [1.29, 1.82) is 5.26 Å². The molecular formula is C7H8N2O. The quantitative estimate of drug-likeness (QED) is 0.545. The van der Waals surface area contributed by atoms with Gasteiger partial charge in [0.2, 0.25) is 0 Å². The van der Waals surface area contributed by atoms with Gasteiger partial charge in [-0.3, -0.25) is 4.79 Å². The second kappa shape index (κ2) is 4.40. The van der Waals surface area contributed by atoms with Crippen molar-refractivity contribution in [2.24, 2.45) is 0 Å². The highest BCUT2D eigenvalue weighted by atomic mass is 16.1. The molecule has 0 aromatic carbocycles. The molecule has 0 bridgehead atoms. The third-order valence-corrected chi connectivity index (χ3v) is 1.00. The van der Waals surface area contributed by atoms with E-state index in [9.17, 15) is 4.79 Å². The Morgan fingerprint density at radius 3 is 2.80 bits per heavy atom. The molecule has 1 amide bonds. The van der Waals surface area contributed by atoms with Gasteiger partial charge >= 0.3 is 0 Å². The summed E-state index contributed by atoms with van der Waals surface area (Å²) in [6.45, 7) is 1.80. The number of rotatable bonds is 2. The second-order valence-corrected chi connectivity index (χ2v) is 1.71. The van der Waals surface area contributed by atoms with Crippen LogP contribution in [0.15, 0.2) is 0 Å². The van der Waals surface area contributed by atoms with E-state index >= 15 is 0 Å². The van der Waals surface area contributed by atoms with E-state index in [-0.39, 0.29) is 0 Å². The molecule has 0 rings (SSSR count). The molecule has 0 aliphatic carbocycles. The molecule has 10 heavy (non-hydrogen) atoms. The maximum absolute atomic E-state index is 10.4. The first kappa shape index (κ1) is 8.52. The lowest BCUT2D eigenvalue weighted by atomic mass is 10.2. The average Bonchev–Trinajstić information content (AvgIpc) is 1.99. The number of hydrogen-bond donors (Lipinski definition) is 1. The SMILES string of the molecule is C#CC(=O)N[C@H](C#N)CC. The van der Waals surface area contributed by atoms with Crippen LogP contribution in [0.2, 0.25) is 0 Å². The predicted octanol–water partition coefficient (Wildman–Crippen LogP) is 0.0380. The monoisotopic (exact) mass is 136 g/mol. The Bertz CT molecular complexity index is 197. The minimum Gasteiger partial charge on any atom is -0.329 e. The first-order chi connectivity index (χ1) is 4.74. The summed E-state index contributed by atoms with van der Waals surface area (Å²) in [4.78, 5) is 10.4. The van der Waals surface area contributed by atoms with Crippen LogP contribution in [0.5, 0.6) is 0 Å². The fraction of sp³-hybridized carbons (Fsp3) is 0.429. The van der Waals surface area contributed by atoms with E-state index in [0.717, 1.165) is 0 Å². The summed E-state index contributed by atoms with van der Waals surface area (Å²) in [6.07, 6.45) is 5.33. The van der Waals surface area contributed by atoms with Gasteiger partial charge in [-0.25, -0.2) is 0 Å². The van der Waals surface area contributed by atoms with Crippen LogP contribution in [-0.2, 0) is 4.79 Å². The van der Waals surface area contributed by atoms with Crippen LogP contribution in [0.3, 0.4) is 0 Å². The lowest BCUT2D eigenvalue weighted by molar-refractivity contribution is -0.116. The van der Waals surface area contributed by atoms with E-state index in [1.165, 1.54) is 0 Å². The van der Waals surface area contributed by atoms with Gasteiger partial charge in [-0.05, 0) is 12.3 Å². The number of terminal acetylenes is 1. The molecule has 3 heteroatoms. The van der Waals surface area contributed by atoms with Crippen molar-refractivity contribution in [2.75, 3.05) is 0 Å². The van der Waals surface area contributed by atoms with Crippen LogP contribution < -0.4 is 5.32 Å². The molecule has 52 valence electrons. The molecule has 0 saturated heterocycles. The summed E-state index contributed by atoms with van der Waals surface area (Å²) in [5.41, 5.74) is 0. The second-order valence-electron chi connectivity index (χ2n) is 1.71.